The summed E-state index contributed by atoms with van der Waals surface area (Å²) in [5, 5.41) is 0. The van der Waals surface area contributed by atoms with Crippen LogP contribution in [0.5, 0.6) is 0 Å². The fraction of sp³-hybridized carbons (Fsp3) is 0.471. The zero-order chi connectivity index (χ0) is 15.5. The standard InChI is InChI=1S/C17H22ClNO2/c1-4-10-19-15(17(2,3)12-18)14(16(19)20)21-11-13-8-6-5-7-9-13/h4-9,14-15H,1,10-12H2,2-3H3/t14-,15-/m0/s1. The lowest BCUT2D eigenvalue weighted by Gasteiger charge is -2.53. The summed E-state index contributed by atoms with van der Waals surface area (Å²) in [6, 6.07) is 9.86. The molecule has 0 radical (unpaired) electrons. The number of carbonyl (C=O) groups is 1. The van der Waals surface area contributed by atoms with Gasteiger partial charge in [0, 0.05) is 17.8 Å². The van der Waals surface area contributed by atoms with Gasteiger partial charge in [0.2, 0.25) is 0 Å². The van der Waals surface area contributed by atoms with Crippen LogP contribution in [0.2, 0.25) is 0 Å². The average molecular weight is 308 g/mol. The number of ether oxygens (including phenoxy) is 1. The van der Waals surface area contributed by atoms with Crippen LogP contribution in [0.15, 0.2) is 43.0 Å². The fourth-order valence-corrected chi connectivity index (χ4v) is 2.85. The van der Waals surface area contributed by atoms with Gasteiger partial charge in [-0.2, -0.15) is 0 Å². The van der Waals surface area contributed by atoms with Crippen molar-refractivity contribution in [2.24, 2.45) is 5.41 Å². The summed E-state index contributed by atoms with van der Waals surface area (Å²) < 4.78 is 5.87. The Bertz CT molecular complexity index is 501. The zero-order valence-corrected chi connectivity index (χ0v) is 13.3. The quantitative estimate of drug-likeness (QED) is 0.440. The fourth-order valence-electron chi connectivity index (χ4n) is 2.69. The van der Waals surface area contributed by atoms with Gasteiger partial charge in [0.05, 0.1) is 12.6 Å². The molecule has 0 saturated carbocycles. The molecule has 0 bridgehead atoms. The highest BCUT2D eigenvalue weighted by molar-refractivity contribution is 6.18. The number of alkyl halides is 1. The number of hydrogen-bond donors (Lipinski definition) is 0. The first-order chi connectivity index (χ1) is 10.0. The SMILES string of the molecule is C=CCN1C(=O)[C@@H](OCc2ccccc2)[C@H]1C(C)(C)CCl. The van der Waals surface area contributed by atoms with E-state index in [9.17, 15) is 4.79 Å². The van der Waals surface area contributed by atoms with Crippen LogP contribution in [-0.2, 0) is 16.1 Å². The van der Waals surface area contributed by atoms with Crippen molar-refractivity contribution in [3.8, 4) is 0 Å². The van der Waals surface area contributed by atoms with Gasteiger partial charge in [0.25, 0.3) is 5.91 Å². The molecule has 1 aliphatic rings. The molecule has 0 aromatic heterocycles. The molecule has 1 amide bonds. The molecule has 1 heterocycles. The van der Waals surface area contributed by atoms with Gasteiger partial charge in [-0.15, -0.1) is 18.2 Å². The molecular weight excluding hydrogens is 286 g/mol. The first kappa shape index (κ1) is 16.1. The summed E-state index contributed by atoms with van der Waals surface area (Å²) in [5.74, 6) is 0.498. The molecular formula is C17H22ClNO2. The molecule has 114 valence electrons. The van der Waals surface area contributed by atoms with Gasteiger partial charge in [0.15, 0.2) is 6.10 Å². The maximum absolute atomic E-state index is 12.3. The summed E-state index contributed by atoms with van der Waals surface area (Å²) in [6.07, 6.45) is 1.32. The van der Waals surface area contributed by atoms with E-state index in [0.29, 0.717) is 19.0 Å². The van der Waals surface area contributed by atoms with Crippen molar-refractivity contribution in [3.05, 3.63) is 48.6 Å². The number of nitrogens with zero attached hydrogens (tertiary/aromatic N) is 1. The van der Waals surface area contributed by atoms with Crippen LogP contribution in [0, 0.1) is 5.41 Å². The number of β-lactam (4-membered cyclic amide) rings is 1. The first-order valence-corrected chi connectivity index (χ1v) is 7.67. The summed E-state index contributed by atoms with van der Waals surface area (Å²) in [6.45, 7) is 8.81. The Hall–Kier alpha value is -1.32. The number of amides is 1. The minimum Gasteiger partial charge on any atom is -0.361 e. The van der Waals surface area contributed by atoms with E-state index in [-0.39, 0.29) is 17.4 Å². The molecule has 1 fully saturated rings. The molecule has 1 aromatic carbocycles. The minimum atomic E-state index is -0.418. The number of rotatable bonds is 7. The summed E-state index contributed by atoms with van der Waals surface area (Å²) >= 11 is 6.08. The second-order valence-electron chi connectivity index (χ2n) is 6.06. The topological polar surface area (TPSA) is 29.5 Å². The van der Waals surface area contributed by atoms with Gasteiger partial charge in [-0.1, -0.05) is 50.3 Å². The van der Waals surface area contributed by atoms with Crippen LogP contribution in [0.1, 0.15) is 19.4 Å². The monoisotopic (exact) mass is 307 g/mol. The highest BCUT2D eigenvalue weighted by atomic mass is 35.5. The molecule has 2 atom stereocenters. The van der Waals surface area contributed by atoms with Crippen molar-refractivity contribution in [2.45, 2.75) is 32.6 Å². The normalized spacial score (nSPS) is 22.0. The third kappa shape index (κ3) is 3.30. The maximum Gasteiger partial charge on any atom is 0.254 e. The molecule has 21 heavy (non-hydrogen) atoms. The number of halogens is 1. The van der Waals surface area contributed by atoms with E-state index in [0.717, 1.165) is 5.56 Å². The molecule has 1 aromatic rings. The Morgan fingerprint density at radius 1 is 1.38 bits per heavy atom. The van der Waals surface area contributed by atoms with Crippen molar-refractivity contribution in [2.75, 3.05) is 12.4 Å². The van der Waals surface area contributed by atoms with E-state index in [1.54, 1.807) is 11.0 Å². The van der Waals surface area contributed by atoms with Crippen molar-refractivity contribution in [1.29, 1.82) is 0 Å². The number of likely N-dealkylation sites (tertiary alicyclic amines) is 1. The van der Waals surface area contributed by atoms with E-state index in [1.807, 2.05) is 30.3 Å². The van der Waals surface area contributed by atoms with Crippen LogP contribution in [0.3, 0.4) is 0 Å². The predicted octanol–water partition coefficient (Wildman–Crippen LogP) is 3.23. The van der Waals surface area contributed by atoms with E-state index in [2.05, 4.69) is 20.4 Å². The molecule has 0 unspecified atom stereocenters. The Kier molecular flexibility index (Phi) is 5.07. The van der Waals surface area contributed by atoms with Crippen LogP contribution in [-0.4, -0.2) is 35.4 Å². The van der Waals surface area contributed by atoms with Crippen molar-refractivity contribution in [3.63, 3.8) is 0 Å². The van der Waals surface area contributed by atoms with Crippen LogP contribution < -0.4 is 0 Å². The number of carbonyl (C=O) groups excluding carboxylic acids is 1. The second-order valence-corrected chi connectivity index (χ2v) is 6.33. The number of benzene rings is 1. The molecule has 1 aliphatic heterocycles. The lowest BCUT2D eigenvalue weighted by molar-refractivity contribution is -0.184. The highest BCUT2D eigenvalue weighted by Gasteiger charge is 2.54. The first-order valence-electron chi connectivity index (χ1n) is 7.14. The van der Waals surface area contributed by atoms with Gasteiger partial charge in [0.1, 0.15) is 0 Å². The van der Waals surface area contributed by atoms with Crippen molar-refractivity contribution < 1.29 is 9.53 Å². The zero-order valence-electron chi connectivity index (χ0n) is 12.6. The summed E-state index contributed by atoms with van der Waals surface area (Å²) in [7, 11) is 0. The summed E-state index contributed by atoms with van der Waals surface area (Å²) in [5.41, 5.74) is 0.870. The van der Waals surface area contributed by atoms with E-state index in [4.69, 9.17) is 16.3 Å². The Morgan fingerprint density at radius 2 is 2.05 bits per heavy atom. The molecule has 2 rings (SSSR count). The Balaban J connectivity index is 2.06. The number of hydrogen-bond acceptors (Lipinski definition) is 2. The van der Waals surface area contributed by atoms with Crippen LogP contribution >= 0.6 is 11.6 Å². The molecule has 0 aliphatic carbocycles. The largest absolute Gasteiger partial charge is 0.361 e. The average Bonchev–Trinajstić information content (AvgIpc) is 2.50. The molecule has 1 saturated heterocycles. The minimum absolute atomic E-state index is 0.00999. The van der Waals surface area contributed by atoms with Gasteiger partial charge in [-0.05, 0) is 5.56 Å². The lowest BCUT2D eigenvalue weighted by Crippen LogP contribution is -2.70. The van der Waals surface area contributed by atoms with Gasteiger partial charge < -0.3 is 9.64 Å². The maximum atomic E-state index is 12.3. The predicted molar refractivity (Wildman–Crippen MR) is 85.2 cm³/mol. The third-order valence-corrected chi connectivity index (χ3v) is 4.58. The summed E-state index contributed by atoms with van der Waals surface area (Å²) in [4.78, 5) is 14.1. The van der Waals surface area contributed by atoms with E-state index >= 15 is 0 Å². The van der Waals surface area contributed by atoms with Gasteiger partial charge in [-0.25, -0.2) is 0 Å². The van der Waals surface area contributed by atoms with Crippen LogP contribution in [0.25, 0.3) is 0 Å². The Morgan fingerprint density at radius 3 is 2.62 bits per heavy atom. The molecule has 4 heteroatoms. The van der Waals surface area contributed by atoms with Gasteiger partial charge in [-0.3, -0.25) is 4.79 Å². The smallest absolute Gasteiger partial charge is 0.254 e. The molecule has 0 N–H and O–H groups in total. The van der Waals surface area contributed by atoms with Gasteiger partial charge >= 0.3 is 0 Å². The van der Waals surface area contributed by atoms with E-state index < -0.39 is 6.10 Å². The molecule has 3 nitrogen and oxygen atoms in total. The van der Waals surface area contributed by atoms with Crippen LogP contribution in [0.4, 0.5) is 0 Å². The van der Waals surface area contributed by atoms with Crippen molar-refractivity contribution in [1.82, 2.24) is 4.90 Å². The lowest BCUT2D eigenvalue weighted by atomic mass is 9.76. The van der Waals surface area contributed by atoms with Crippen molar-refractivity contribution >= 4 is 17.5 Å². The van der Waals surface area contributed by atoms with E-state index in [1.165, 1.54) is 0 Å². The Labute approximate surface area is 131 Å². The third-order valence-electron chi connectivity index (χ3n) is 3.89. The second kappa shape index (κ2) is 6.63. The molecule has 0 spiro atoms. The highest BCUT2D eigenvalue weighted by Crippen LogP contribution is 2.38.